The highest BCUT2D eigenvalue weighted by molar-refractivity contribution is 5.91. The maximum absolute atomic E-state index is 12.4. The quantitative estimate of drug-likeness (QED) is 0.291. The Morgan fingerprint density at radius 3 is 2.12 bits per heavy atom. The number of esters is 1. The normalized spacial score (nSPS) is 12.1. The first-order valence-corrected chi connectivity index (χ1v) is 9.95. The molecule has 0 amide bonds. The van der Waals surface area contributed by atoms with E-state index in [0.717, 1.165) is 24.8 Å². The van der Waals surface area contributed by atoms with Crippen molar-refractivity contribution < 1.29 is 9.53 Å². The number of hydrogen-bond donors (Lipinski definition) is 0. The highest BCUT2D eigenvalue weighted by atomic mass is 16.5. The molecule has 0 aromatic heterocycles. The number of unbranched alkanes of at least 4 members (excludes halogenated alkanes) is 7. The van der Waals surface area contributed by atoms with Crippen LogP contribution < -0.4 is 0 Å². The van der Waals surface area contributed by atoms with E-state index in [1.807, 2.05) is 31.2 Å². The van der Waals surface area contributed by atoms with Crippen LogP contribution in [0, 0.1) is 6.92 Å². The molecule has 1 atom stereocenters. The van der Waals surface area contributed by atoms with Crippen molar-refractivity contribution >= 4 is 5.97 Å². The Balaban J connectivity index is 2.28. The van der Waals surface area contributed by atoms with E-state index in [2.05, 4.69) is 13.8 Å². The van der Waals surface area contributed by atoms with Crippen LogP contribution in [0.1, 0.15) is 100 Å². The summed E-state index contributed by atoms with van der Waals surface area (Å²) >= 11 is 0. The zero-order chi connectivity index (χ0) is 17.6. The molecule has 2 nitrogen and oxygen atoms in total. The molecule has 0 N–H and O–H groups in total. The molecule has 1 unspecified atom stereocenters. The molecule has 0 radical (unpaired) electrons. The predicted molar refractivity (Wildman–Crippen MR) is 103 cm³/mol. The van der Waals surface area contributed by atoms with Crippen molar-refractivity contribution in [3.63, 3.8) is 0 Å². The smallest absolute Gasteiger partial charge is 0.338 e. The van der Waals surface area contributed by atoms with Crippen molar-refractivity contribution in [2.24, 2.45) is 0 Å². The van der Waals surface area contributed by atoms with Gasteiger partial charge in [0, 0.05) is 0 Å². The fourth-order valence-electron chi connectivity index (χ4n) is 3.11. The first-order chi connectivity index (χ1) is 11.7. The van der Waals surface area contributed by atoms with Crippen molar-refractivity contribution in [2.45, 2.75) is 97.5 Å². The van der Waals surface area contributed by atoms with Crippen LogP contribution in [0.15, 0.2) is 24.3 Å². The fraction of sp³-hybridized carbons (Fsp3) is 0.682. The van der Waals surface area contributed by atoms with Crippen molar-refractivity contribution in [1.29, 1.82) is 0 Å². The summed E-state index contributed by atoms with van der Waals surface area (Å²) in [6, 6.07) is 7.67. The molecule has 0 fully saturated rings. The number of carbonyl (C=O) groups excluding carboxylic acids is 1. The number of aryl methyl sites for hydroxylation is 1. The Morgan fingerprint density at radius 2 is 1.50 bits per heavy atom. The summed E-state index contributed by atoms with van der Waals surface area (Å²) in [5.74, 6) is -0.161. The van der Waals surface area contributed by atoms with E-state index in [4.69, 9.17) is 4.74 Å². The highest BCUT2D eigenvalue weighted by Crippen LogP contribution is 2.17. The molecule has 1 aromatic carbocycles. The van der Waals surface area contributed by atoms with Gasteiger partial charge in [0.1, 0.15) is 6.10 Å². The summed E-state index contributed by atoms with van der Waals surface area (Å²) in [6.07, 6.45) is 13.6. The van der Waals surface area contributed by atoms with Gasteiger partial charge in [0.15, 0.2) is 0 Å². The van der Waals surface area contributed by atoms with Gasteiger partial charge >= 0.3 is 5.97 Å². The van der Waals surface area contributed by atoms with E-state index in [-0.39, 0.29) is 12.1 Å². The van der Waals surface area contributed by atoms with Crippen LogP contribution in [-0.2, 0) is 4.74 Å². The van der Waals surface area contributed by atoms with Gasteiger partial charge in [0.2, 0.25) is 0 Å². The molecule has 24 heavy (non-hydrogen) atoms. The molecule has 1 rings (SSSR count). The molecule has 136 valence electrons. The highest BCUT2D eigenvalue weighted by Gasteiger charge is 2.16. The van der Waals surface area contributed by atoms with Gasteiger partial charge < -0.3 is 4.74 Å². The minimum atomic E-state index is -0.161. The van der Waals surface area contributed by atoms with Crippen molar-refractivity contribution in [1.82, 2.24) is 0 Å². The van der Waals surface area contributed by atoms with E-state index in [9.17, 15) is 4.79 Å². The first-order valence-electron chi connectivity index (χ1n) is 9.95. The first kappa shape index (κ1) is 20.7. The summed E-state index contributed by atoms with van der Waals surface area (Å²) in [5.41, 5.74) is 1.69. The summed E-state index contributed by atoms with van der Waals surface area (Å²) in [7, 11) is 0. The molecular formula is C22H36O2. The number of hydrogen-bond acceptors (Lipinski definition) is 2. The summed E-state index contributed by atoms with van der Waals surface area (Å²) < 4.78 is 5.78. The van der Waals surface area contributed by atoms with Crippen LogP contribution in [0.3, 0.4) is 0 Å². The lowest BCUT2D eigenvalue weighted by molar-refractivity contribution is 0.0253. The van der Waals surface area contributed by atoms with Crippen molar-refractivity contribution in [2.75, 3.05) is 0 Å². The largest absolute Gasteiger partial charge is 0.459 e. The third-order valence-corrected chi connectivity index (χ3v) is 4.63. The van der Waals surface area contributed by atoms with E-state index in [0.29, 0.717) is 5.56 Å². The maximum atomic E-state index is 12.4. The maximum Gasteiger partial charge on any atom is 0.338 e. The van der Waals surface area contributed by atoms with E-state index >= 15 is 0 Å². The zero-order valence-electron chi connectivity index (χ0n) is 16.0. The third-order valence-electron chi connectivity index (χ3n) is 4.63. The summed E-state index contributed by atoms with van der Waals surface area (Å²) in [5, 5.41) is 0. The number of ether oxygens (including phenoxy) is 1. The molecule has 0 saturated heterocycles. The van der Waals surface area contributed by atoms with Gasteiger partial charge in [-0.05, 0) is 37.8 Å². The second-order valence-electron chi connectivity index (χ2n) is 6.89. The summed E-state index contributed by atoms with van der Waals surface area (Å²) in [6.45, 7) is 6.37. The minimum absolute atomic E-state index is 0.0715. The topological polar surface area (TPSA) is 26.3 Å². The van der Waals surface area contributed by atoms with E-state index in [1.54, 1.807) is 0 Å². The molecule has 2 heteroatoms. The van der Waals surface area contributed by atoms with Gasteiger partial charge in [-0.3, -0.25) is 0 Å². The lowest BCUT2D eigenvalue weighted by atomic mass is 10.0. The zero-order valence-corrected chi connectivity index (χ0v) is 16.0. The SMILES string of the molecule is CCCCCCCCCCC(CCC)OC(=O)c1ccccc1C. The van der Waals surface area contributed by atoms with Crippen LogP contribution in [0.2, 0.25) is 0 Å². The predicted octanol–water partition coefficient (Wildman–Crippen LogP) is 6.85. The van der Waals surface area contributed by atoms with Crippen LogP contribution in [-0.4, -0.2) is 12.1 Å². The Kier molecular flexibility index (Phi) is 11.3. The number of rotatable bonds is 13. The Bertz CT molecular complexity index is 453. The molecule has 0 bridgehead atoms. The van der Waals surface area contributed by atoms with Gasteiger partial charge in [-0.1, -0.05) is 83.4 Å². The Morgan fingerprint density at radius 1 is 0.875 bits per heavy atom. The lowest BCUT2D eigenvalue weighted by Crippen LogP contribution is -2.19. The molecular weight excluding hydrogens is 296 g/mol. The van der Waals surface area contributed by atoms with Gasteiger partial charge in [-0.2, -0.15) is 0 Å². The standard InChI is InChI=1S/C22H36O2/c1-4-6-7-8-9-10-11-12-17-20(15-5-2)24-22(23)21-18-14-13-16-19(21)3/h13-14,16,18,20H,4-12,15,17H2,1-3H3. The van der Waals surface area contributed by atoms with Crippen LogP contribution in [0.5, 0.6) is 0 Å². The van der Waals surface area contributed by atoms with E-state index in [1.165, 1.54) is 51.4 Å². The van der Waals surface area contributed by atoms with Crippen molar-refractivity contribution in [3.8, 4) is 0 Å². The molecule has 0 aliphatic carbocycles. The minimum Gasteiger partial charge on any atom is -0.459 e. The van der Waals surface area contributed by atoms with Gasteiger partial charge in [0.25, 0.3) is 0 Å². The average molecular weight is 333 g/mol. The molecule has 1 aromatic rings. The molecule has 0 spiro atoms. The number of benzene rings is 1. The monoisotopic (exact) mass is 332 g/mol. The van der Waals surface area contributed by atoms with Crippen LogP contribution >= 0.6 is 0 Å². The summed E-state index contributed by atoms with van der Waals surface area (Å²) in [4.78, 5) is 12.4. The second kappa shape index (κ2) is 13.0. The molecule has 0 heterocycles. The van der Waals surface area contributed by atoms with Gasteiger partial charge in [-0.25, -0.2) is 4.79 Å². The lowest BCUT2D eigenvalue weighted by Gasteiger charge is -2.18. The fourth-order valence-corrected chi connectivity index (χ4v) is 3.11. The van der Waals surface area contributed by atoms with Crippen molar-refractivity contribution in [3.05, 3.63) is 35.4 Å². The van der Waals surface area contributed by atoms with Crippen LogP contribution in [0.4, 0.5) is 0 Å². The Labute approximate surface area is 149 Å². The average Bonchev–Trinajstić information content (AvgIpc) is 2.57. The van der Waals surface area contributed by atoms with E-state index < -0.39 is 0 Å². The molecule has 0 aliphatic rings. The molecule has 0 saturated carbocycles. The van der Waals surface area contributed by atoms with Crippen LogP contribution in [0.25, 0.3) is 0 Å². The Hall–Kier alpha value is -1.31. The van der Waals surface area contributed by atoms with Gasteiger partial charge in [-0.15, -0.1) is 0 Å². The second-order valence-corrected chi connectivity index (χ2v) is 6.89. The number of carbonyl (C=O) groups is 1. The molecule has 0 aliphatic heterocycles. The van der Waals surface area contributed by atoms with Gasteiger partial charge in [0.05, 0.1) is 5.56 Å². The third kappa shape index (κ3) is 8.52.